The van der Waals surface area contributed by atoms with Crippen molar-refractivity contribution in [3.05, 3.63) is 109 Å². The van der Waals surface area contributed by atoms with Crippen LogP contribution >= 0.6 is 8.60 Å². The lowest BCUT2D eigenvalue weighted by molar-refractivity contribution is -0.189. The van der Waals surface area contributed by atoms with Crippen LogP contribution in [0.25, 0.3) is 22.3 Å². The molecule has 4 aromatic carbocycles. The van der Waals surface area contributed by atoms with E-state index in [9.17, 15) is 4.89 Å². The number of benzene rings is 4. The Morgan fingerprint density at radius 2 is 0.750 bits per heavy atom. The second-order valence-electron chi connectivity index (χ2n) is 6.19. The molecule has 0 atom stereocenters. The van der Waals surface area contributed by atoms with E-state index in [2.05, 4.69) is 0 Å². The molecular formula is C24H18O3P-. The Morgan fingerprint density at radius 1 is 0.429 bits per heavy atom. The van der Waals surface area contributed by atoms with Crippen LogP contribution in [0.2, 0.25) is 0 Å². The molecule has 0 unspecified atom stereocenters. The summed E-state index contributed by atoms with van der Waals surface area (Å²) in [5.41, 5.74) is 4.38. The summed E-state index contributed by atoms with van der Waals surface area (Å²) in [6.45, 7) is 0. The van der Waals surface area contributed by atoms with Gasteiger partial charge in [-0.15, -0.1) is 0 Å². The molecule has 4 aromatic rings. The summed E-state index contributed by atoms with van der Waals surface area (Å²) in [4.78, 5) is 12.2. The van der Waals surface area contributed by atoms with Crippen LogP contribution in [0, 0.1) is 0 Å². The van der Waals surface area contributed by atoms with Crippen LogP contribution in [0.4, 0.5) is 0 Å². The summed E-state index contributed by atoms with van der Waals surface area (Å²) in [6, 6.07) is 35.0. The van der Waals surface area contributed by atoms with Gasteiger partial charge in [-0.05, 0) is 46.5 Å². The summed E-state index contributed by atoms with van der Waals surface area (Å²) in [7, 11) is -2.31. The second kappa shape index (κ2) is 8.71. The van der Waals surface area contributed by atoms with Crippen molar-refractivity contribution in [1.82, 2.24) is 0 Å². The molecule has 0 bridgehead atoms. The lowest BCUT2D eigenvalue weighted by Crippen LogP contribution is -2.07. The van der Waals surface area contributed by atoms with Crippen LogP contribution in [-0.2, 0) is 0 Å². The van der Waals surface area contributed by atoms with Crippen molar-refractivity contribution in [2.45, 2.75) is 0 Å². The van der Waals surface area contributed by atoms with Gasteiger partial charge < -0.3 is 13.9 Å². The minimum atomic E-state index is -2.31. The molecule has 0 amide bonds. The molecule has 0 N–H and O–H groups in total. The first kappa shape index (κ1) is 18.2. The molecule has 3 nitrogen and oxygen atoms in total. The Kier molecular flexibility index (Phi) is 5.67. The first-order valence-electron chi connectivity index (χ1n) is 8.92. The summed E-state index contributed by atoms with van der Waals surface area (Å²) in [5.74, 6) is 1.00. The van der Waals surface area contributed by atoms with Gasteiger partial charge in [0, 0.05) is 0 Å². The Morgan fingerprint density at radius 3 is 1.11 bits per heavy atom. The van der Waals surface area contributed by atoms with Gasteiger partial charge in [0.15, 0.2) is 0 Å². The van der Waals surface area contributed by atoms with Crippen LogP contribution in [0.1, 0.15) is 0 Å². The van der Waals surface area contributed by atoms with E-state index in [1.54, 1.807) is 24.3 Å². The fraction of sp³-hybridized carbons (Fsp3) is 0. The predicted octanol–water partition coefficient (Wildman–Crippen LogP) is 6.07. The molecule has 0 aliphatic carbocycles. The zero-order valence-corrected chi connectivity index (χ0v) is 16.0. The maximum atomic E-state index is 12.2. The van der Waals surface area contributed by atoms with Crippen LogP contribution in [-0.4, -0.2) is 0 Å². The van der Waals surface area contributed by atoms with E-state index in [4.69, 9.17) is 9.05 Å². The Hall–Kier alpha value is -3.13. The molecule has 0 aromatic heterocycles. The smallest absolute Gasteiger partial charge is 0.210 e. The molecule has 138 valence electrons. The molecule has 0 saturated heterocycles. The third-order valence-corrected chi connectivity index (χ3v) is 5.00. The fourth-order valence-corrected chi connectivity index (χ4v) is 3.49. The molecule has 0 fully saturated rings. The van der Waals surface area contributed by atoms with Crippen LogP contribution in [0.5, 0.6) is 11.5 Å². The average Bonchev–Trinajstić information content (AvgIpc) is 2.76. The maximum Gasteiger partial charge on any atom is 0.210 e. The van der Waals surface area contributed by atoms with Crippen molar-refractivity contribution >= 4 is 8.60 Å². The maximum absolute atomic E-state index is 12.2. The molecule has 0 radical (unpaired) electrons. The van der Waals surface area contributed by atoms with E-state index >= 15 is 0 Å². The molecule has 4 rings (SSSR count). The topological polar surface area (TPSA) is 41.5 Å². The highest BCUT2D eigenvalue weighted by Crippen LogP contribution is 2.34. The van der Waals surface area contributed by atoms with Gasteiger partial charge in [0.1, 0.15) is 11.5 Å². The minimum Gasteiger partial charge on any atom is -0.765 e. The molecule has 0 aliphatic rings. The molecule has 0 aliphatic heterocycles. The van der Waals surface area contributed by atoms with E-state index in [0.29, 0.717) is 11.5 Å². The quantitative estimate of drug-likeness (QED) is 0.379. The van der Waals surface area contributed by atoms with Gasteiger partial charge in [0.05, 0.1) is 0 Å². The van der Waals surface area contributed by atoms with Crippen LogP contribution in [0.15, 0.2) is 109 Å². The van der Waals surface area contributed by atoms with Crippen molar-refractivity contribution in [1.29, 1.82) is 0 Å². The van der Waals surface area contributed by atoms with Crippen molar-refractivity contribution in [3.63, 3.8) is 0 Å². The monoisotopic (exact) mass is 385 g/mol. The van der Waals surface area contributed by atoms with Gasteiger partial charge in [-0.3, -0.25) is 0 Å². The number of hydrogen-bond donors (Lipinski definition) is 0. The zero-order valence-electron chi connectivity index (χ0n) is 15.1. The molecule has 4 heteroatoms. The highest BCUT2D eigenvalue weighted by molar-refractivity contribution is 7.39. The zero-order chi connectivity index (χ0) is 19.2. The highest BCUT2D eigenvalue weighted by atomic mass is 31.2. The van der Waals surface area contributed by atoms with Gasteiger partial charge in [0.25, 0.3) is 0 Å². The first-order valence-corrected chi connectivity index (χ1v) is 10.0. The van der Waals surface area contributed by atoms with Crippen molar-refractivity contribution in [3.8, 4) is 33.8 Å². The van der Waals surface area contributed by atoms with E-state index < -0.39 is 8.60 Å². The normalized spacial score (nSPS) is 10.6. The van der Waals surface area contributed by atoms with Crippen LogP contribution < -0.4 is 13.9 Å². The standard InChI is InChI=1S/C24H18O3P/c25-28(26-23-15-11-21(12-16-23)19-7-3-1-4-8-19)27-24-17-13-22(14-18-24)20-9-5-2-6-10-20/h1-18H/q-1. The highest BCUT2D eigenvalue weighted by Gasteiger charge is 2.04. The lowest BCUT2D eigenvalue weighted by Gasteiger charge is -2.23. The number of hydrogen-bond acceptors (Lipinski definition) is 3. The largest absolute Gasteiger partial charge is 0.765 e. The van der Waals surface area contributed by atoms with E-state index in [1.165, 1.54) is 0 Å². The summed E-state index contributed by atoms with van der Waals surface area (Å²) in [6.07, 6.45) is 0. The SMILES string of the molecule is [O-]P(Oc1ccc(-c2ccccc2)cc1)Oc1ccc(-c2ccccc2)cc1. The van der Waals surface area contributed by atoms with E-state index in [0.717, 1.165) is 22.3 Å². The van der Waals surface area contributed by atoms with Gasteiger partial charge in [-0.2, -0.15) is 0 Å². The van der Waals surface area contributed by atoms with Gasteiger partial charge >= 0.3 is 0 Å². The first-order chi connectivity index (χ1) is 13.8. The van der Waals surface area contributed by atoms with E-state index in [1.807, 2.05) is 84.9 Å². The molecule has 28 heavy (non-hydrogen) atoms. The third-order valence-electron chi connectivity index (χ3n) is 4.28. The molecular weight excluding hydrogens is 367 g/mol. The van der Waals surface area contributed by atoms with Crippen LogP contribution in [0.3, 0.4) is 0 Å². The predicted molar refractivity (Wildman–Crippen MR) is 112 cm³/mol. The third kappa shape index (κ3) is 4.58. The fourth-order valence-electron chi connectivity index (χ4n) is 2.87. The van der Waals surface area contributed by atoms with Crippen molar-refractivity contribution < 1.29 is 13.9 Å². The van der Waals surface area contributed by atoms with Crippen molar-refractivity contribution in [2.24, 2.45) is 0 Å². The van der Waals surface area contributed by atoms with E-state index in [-0.39, 0.29) is 0 Å². The Balaban J connectivity index is 1.37. The Labute approximate surface area is 165 Å². The summed E-state index contributed by atoms with van der Waals surface area (Å²) >= 11 is 0. The average molecular weight is 385 g/mol. The van der Waals surface area contributed by atoms with Crippen molar-refractivity contribution in [2.75, 3.05) is 0 Å². The minimum absolute atomic E-state index is 0.502. The summed E-state index contributed by atoms with van der Waals surface area (Å²) < 4.78 is 10.8. The lowest BCUT2D eigenvalue weighted by atomic mass is 10.1. The summed E-state index contributed by atoms with van der Waals surface area (Å²) in [5, 5.41) is 0. The van der Waals surface area contributed by atoms with Gasteiger partial charge in [-0.1, -0.05) is 84.9 Å². The Bertz CT molecular complexity index is 916. The second-order valence-corrected chi connectivity index (χ2v) is 7.00. The number of rotatable bonds is 6. The molecule has 0 saturated carbocycles. The molecule has 0 spiro atoms. The van der Waals surface area contributed by atoms with Gasteiger partial charge in [0.2, 0.25) is 8.60 Å². The van der Waals surface area contributed by atoms with Gasteiger partial charge in [-0.25, -0.2) is 0 Å². The molecule has 0 heterocycles.